The summed E-state index contributed by atoms with van der Waals surface area (Å²) in [5.41, 5.74) is 6.76. The Morgan fingerprint density at radius 1 is 1.50 bits per heavy atom. The Balaban J connectivity index is 2.52. The van der Waals surface area contributed by atoms with Crippen LogP contribution < -0.4 is 10.5 Å². The molecule has 0 aliphatic heterocycles. The summed E-state index contributed by atoms with van der Waals surface area (Å²) < 4.78 is 5.42. The van der Waals surface area contributed by atoms with E-state index in [1.807, 2.05) is 38.1 Å². The van der Waals surface area contributed by atoms with Gasteiger partial charge in [-0.2, -0.15) is 0 Å². The van der Waals surface area contributed by atoms with Gasteiger partial charge in [-0.1, -0.05) is 12.1 Å². The van der Waals surface area contributed by atoms with Crippen LogP contribution in [-0.4, -0.2) is 12.6 Å². The minimum Gasteiger partial charge on any atom is -0.492 e. The number of ether oxygens (including phenoxy) is 1. The second-order valence-electron chi connectivity index (χ2n) is 3.10. The lowest BCUT2D eigenvalue weighted by molar-refractivity contribution is 0.296. The average Bonchev–Trinajstić information content (AvgIpc) is 2.01. The zero-order chi connectivity index (χ0) is 8.97. The molecule has 0 spiro atoms. The quantitative estimate of drug-likeness (QED) is 0.740. The van der Waals surface area contributed by atoms with Gasteiger partial charge in [0.25, 0.3) is 0 Å². The van der Waals surface area contributed by atoms with Gasteiger partial charge in [-0.05, 0) is 31.5 Å². The molecule has 0 saturated carbocycles. The van der Waals surface area contributed by atoms with Gasteiger partial charge >= 0.3 is 0 Å². The molecule has 0 bridgehead atoms. The minimum atomic E-state index is 0.0884. The standard InChI is InChI=1S/C10H15NO/c1-8-4-3-5-10(6-8)12-7-9(2)11/h3-6,9H,7,11H2,1-2H3. The molecule has 0 radical (unpaired) electrons. The van der Waals surface area contributed by atoms with Gasteiger partial charge in [0.15, 0.2) is 0 Å². The SMILES string of the molecule is Cc1cccc(OCC(C)N)c1. The fraction of sp³-hybridized carbons (Fsp3) is 0.400. The van der Waals surface area contributed by atoms with Crippen LogP contribution in [-0.2, 0) is 0 Å². The van der Waals surface area contributed by atoms with E-state index in [-0.39, 0.29) is 6.04 Å². The van der Waals surface area contributed by atoms with Crippen LogP contribution in [0.15, 0.2) is 24.3 Å². The van der Waals surface area contributed by atoms with Crippen LogP contribution in [0.4, 0.5) is 0 Å². The third kappa shape index (κ3) is 2.93. The Kier molecular flexibility index (Phi) is 3.11. The zero-order valence-corrected chi connectivity index (χ0v) is 7.58. The van der Waals surface area contributed by atoms with E-state index >= 15 is 0 Å². The molecule has 1 unspecified atom stereocenters. The van der Waals surface area contributed by atoms with Crippen molar-refractivity contribution >= 4 is 0 Å². The molecule has 0 amide bonds. The molecule has 0 heterocycles. The van der Waals surface area contributed by atoms with E-state index < -0.39 is 0 Å². The molecule has 0 aliphatic carbocycles. The Morgan fingerprint density at radius 2 is 2.25 bits per heavy atom. The average molecular weight is 165 g/mol. The van der Waals surface area contributed by atoms with Crippen LogP contribution in [0.1, 0.15) is 12.5 Å². The Morgan fingerprint density at radius 3 is 2.83 bits per heavy atom. The molecular formula is C10H15NO. The molecule has 0 aliphatic rings. The van der Waals surface area contributed by atoms with Crippen molar-refractivity contribution in [3.63, 3.8) is 0 Å². The summed E-state index contributed by atoms with van der Waals surface area (Å²) in [6.45, 7) is 4.54. The summed E-state index contributed by atoms with van der Waals surface area (Å²) in [5.74, 6) is 0.896. The smallest absolute Gasteiger partial charge is 0.119 e. The lowest BCUT2D eigenvalue weighted by Crippen LogP contribution is -2.23. The molecule has 2 nitrogen and oxygen atoms in total. The maximum Gasteiger partial charge on any atom is 0.119 e. The molecule has 12 heavy (non-hydrogen) atoms. The van der Waals surface area contributed by atoms with Crippen LogP contribution in [0.5, 0.6) is 5.75 Å². The monoisotopic (exact) mass is 165 g/mol. The molecule has 1 rings (SSSR count). The van der Waals surface area contributed by atoms with Crippen molar-refractivity contribution < 1.29 is 4.74 Å². The molecule has 1 atom stereocenters. The molecule has 1 aromatic rings. The lowest BCUT2D eigenvalue weighted by atomic mass is 10.2. The maximum absolute atomic E-state index is 5.55. The Hall–Kier alpha value is -1.02. The summed E-state index contributed by atoms with van der Waals surface area (Å²) in [6.07, 6.45) is 0. The predicted molar refractivity (Wildman–Crippen MR) is 50.3 cm³/mol. The highest BCUT2D eigenvalue weighted by atomic mass is 16.5. The van der Waals surface area contributed by atoms with Gasteiger partial charge in [0.1, 0.15) is 12.4 Å². The van der Waals surface area contributed by atoms with E-state index in [0.29, 0.717) is 6.61 Å². The summed E-state index contributed by atoms with van der Waals surface area (Å²) in [4.78, 5) is 0. The van der Waals surface area contributed by atoms with E-state index in [1.54, 1.807) is 0 Å². The van der Waals surface area contributed by atoms with E-state index in [4.69, 9.17) is 10.5 Å². The summed E-state index contributed by atoms with van der Waals surface area (Å²) in [6, 6.07) is 8.05. The number of aryl methyl sites for hydroxylation is 1. The number of hydrogen-bond donors (Lipinski definition) is 1. The third-order valence-electron chi connectivity index (χ3n) is 1.50. The van der Waals surface area contributed by atoms with Crippen molar-refractivity contribution in [2.45, 2.75) is 19.9 Å². The minimum absolute atomic E-state index is 0.0884. The topological polar surface area (TPSA) is 35.2 Å². The van der Waals surface area contributed by atoms with E-state index in [0.717, 1.165) is 5.75 Å². The molecule has 1 aromatic carbocycles. The van der Waals surface area contributed by atoms with Gasteiger partial charge in [-0.25, -0.2) is 0 Å². The molecule has 0 aromatic heterocycles. The fourth-order valence-electron chi connectivity index (χ4n) is 0.933. The summed E-state index contributed by atoms with van der Waals surface area (Å²) >= 11 is 0. The first-order chi connectivity index (χ1) is 5.68. The molecule has 2 N–H and O–H groups in total. The molecular weight excluding hydrogens is 150 g/mol. The van der Waals surface area contributed by atoms with Gasteiger partial charge in [-0.3, -0.25) is 0 Å². The maximum atomic E-state index is 5.55. The van der Waals surface area contributed by atoms with Crippen LogP contribution >= 0.6 is 0 Å². The third-order valence-corrected chi connectivity index (χ3v) is 1.50. The van der Waals surface area contributed by atoms with E-state index in [2.05, 4.69) is 0 Å². The molecule has 0 fully saturated rings. The van der Waals surface area contributed by atoms with Gasteiger partial charge in [0.05, 0.1) is 0 Å². The molecule has 66 valence electrons. The van der Waals surface area contributed by atoms with Crippen molar-refractivity contribution in [3.8, 4) is 5.75 Å². The summed E-state index contributed by atoms with van der Waals surface area (Å²) in [7, 11) is 0. The van der Waals surface area contributed by atoms with Gasteiger partial charge in [-0.15, -0.1) is 0 Å². The predicted octanol–water partition coefficient (Wildman–Crippen LogP) is 1.72. The van der Waals surface area contributed by atoms with Crippen LogP contribution in [0.3, 0.4) is 0 Å². The van der Waals surface area contributed by atoms with Crippen molar-refractivity contribution in [2.24, 2.45) is 5.73 Å². The first-order valence-electron chi connectivity index (χ1n) is 4.13. The van der Waals surface area contributed by atoms with E-state index in [1.165, 1.54) is 5.56 Å². The van der Waals surface area contributed by atoms with Crippen molar-refractivity contribution in [1.82, 2.24) is 0 Å². The number of hydrogen-bond acceptors (Lipinski definition) is 2. The summed E-state index contributed by atoms with van der Waals surface area (Å²) in [5, 5.41) is 0. The highest BCUT2D eigenvalue weighted by molar-refractivity contribution is 5.27. The normalized spacial score (nSPS) is 12.6. The highest BCUT2D eigenvalue weighted by Crippen LogP contribution is 2.11. The van der Waals surface area contributed by atoms with Crippen molar-refractivity contribution in [3.05, 3.63) is 29.8 Å². The van der Waals surface area contributed by atoms with Crippen LogP contribution in [0.25, 0.3) is 0 Å². The van der Waals surface area contributed by atoms with Crippen molar-refractivity contribution in [2.75, 3.05) is 6.61 Å². The van der Waals surface area contributed by atoms with Gasteiger partial charge < -0.3 is 10.5 Å². The van der Waals surface area contributed by atoms with Gasteiger partial charge in [0, 0.05) is 6.04 Å². The highest BCUT2D eigenvalue weighted by Gasteiger charge is 1.96. The van der Waals surface area contributed by atoms with Gasteiger partial charge in [0.2, 0.25) is 0 Å². The number of benzene rings is 1. The first-order valence-corrected chi connectivity index (χ1v) is 4.13. The number of nitrogens with two attached hydrogens (primary N) is 1. The Bertz CT molecular complexity index is 245. The Labute approximate surface area is 73.3 Å². The first kappa shape index (κ1) is 9.07. The van der Waals surface area contributed by atoms with Crippen LogP contribution in [0, 0.1) is 6.92 Å². The zero-order valence-electron chi connectivity index (χ0n) is 7.58. The second kappa shape index (κ2) is 4.12. The lowest BCUT2D eigenvalue weighted by Gasteiger charge is -2.08. The van der Waals surface area contributed by atoms with Crippen LogP contribution in [0.2, 0.25) is 0 Å². The molecule has 0 saturated heterocycles. The fourth-order valence-corrected chi connectivity index (χ4v) is 0.933. The molecule has 2 heteroatoms. The van der Waals surface area contributed by atoms with Crippen molar-refractivity contribution in [1.29, 1.82) is 0 Å². The van der Waals surface area contributed by atoms with E-state index in [9.17, 15) is 0 Å². The number of rotatable bonds is 3. The second-order valence-corrected chi connectivity index (χ2v) is 3.10. The largest absolute Gasteiger partial charge is 0.492 e.